The van der Waals surface area contributed by atoms with Crippen LogP contribution in [0.5, 0.6) is 0 Å². The van der Waals surface area contributed by atoms with Gasteiger partial charge in [0, 0.05) is 0 Å². The van der Waals surface area contributed by atoms with Gasteiger partial charge in [0.2, 0.25) is 0 Å². The fraction of sp³-hybridized carbons (Fsp3) is 0.895. The molecule has 0 aromatic carbocycles. The van der Waals surface area contributed by atoms with Crippen LogP contribution in [-0.4, -0.2) is 0 Å². The molecule has 2 aliphatic rings. The van der Waals surface area contributed by atoms with Crippen LogP contribution in [0.3, 0.4) is 0 Å². The first-order valence-electron chi connectivity index (χ1n) is 8.63. The van der Waals surface area contributed by atoms with Gasteiger partial charge in [0.1, 0.15) is 0 Å². The fourth-order valence-electron chi connectivity index (χ4n) is 4.67. The summed E-state index contributed by atoms with van der Waals surface area (Å²) in [5.74, 6) is 4.23. The second kappa shape index (κ2) is 6.02. The molecule has 0 aliphatic heterocycles. The smallest absolute Gasteiger partial charge is 0.0228 e. The van der Waals surface area contributed by atoms with Crippen molar-refractivity contribution in [1.29, 1.82) is 0 Å². The van der Waals surface area contributed by atoms with E-state index in [4.69, 9.17) is 0 Å². The highest BCUT2D eigenvalue weighted by Gasteiger charge is 2.48. The number of rotatable bonds is 4. The lowest BCUT2D eigenvalue weighted by atomic mass is 9.63. The maximum absolute atomic E-state index is 2.60. The summed E-state index contributed by atoms with van der Waals surface area (Å²) in [6.45, 7) is 12.1. The molecule has 0 N–H and O–H groups in total. The number of fused-ring (bicyclic) bond motifs is 1. The van der Waals surface area contributed by atoms with E-state index in [2.05, 4.69) is 46.8 Å². The van der Waals surface area contributed by atoms with Gasteiger partial charge in [-0.3, -0.25) is 0 Å². The zero-order valence-corrected chi connectivity index (χ0v) is 13.8. The van der Waals surface area contributed by atoms with Crippen LogP contribution in [0.4, 0.5) is 0 Å². The molecular weight excluding hydrogens is 228 g/mol. The number of hydrogen-bond donors (Lipinski definition) is 0. The zero-order chi connectivity index (χ0) is 14.0. The van der Waals surface area contributed by atoms with Crippen LogP contribution in [0, 0.1) is 35.0 Å². The van der Waals surface area contributed by atoms with Crippen LogP contribution < -0.4 is 0 Å². The third-order valence-corrected chi connectivity index (χ3v) is 6.53. The topological polar surface area (TPSA) is 0 Å². The van der Waals surface area contributed by atoms with E-state index in [0.29, 0.717) is 5.41 Å². The lowest BCUT2D eigenvalue weighted by Gasteiger charge is -2.42. The Kier molecular flexibility index (Phi) is 4.79. The normalized spacial score (nSPS) is 38.6. The summed E-state index contributed by atoms with van der Waals surface area (Å²) in [6.07, 6.45) is 13.9. The van der Waals surface area contributed by atoms with Gasteiger partial charge in [0.15, 0.2) is 0 Å². The molecule has 0 bridgehead atoms. The molecule has 0 heterocycles. The zero-order valence-electron chi connectivity index (χ0n) is 13.8. The van der Waals surface area contributed by atoms with Crippen LogP contribution in [0.15, 0.2) is 12.2 Å². The summed E-state index contributed by atoms with van der Waals surface area (Å²) in [5, 5.41) is 0. The van der Waals surface area contributed by atoms with Crippen LogP contribution in [0.2, 0.25) is 0 Å². The summed E-state index contributed by atoms with van der Waals surface area (Å²) in [5.41, 5.74) is 0.656. The predicted octanol–water partition coefficient (Wildman–Crippen LogP) is 6.08. The first-order chi connectivity index (χ1) is 8.95. The maximum Gasteiger partial charge on any atom is -0.0228 e. The summed E-state index contributed by atoms with van der Waals surface area (Å²) >= 11 is 0. The molecule has 0 radical (unpaired) electrons. The predicted molar refractivity (Wildman–Crippen MR) is 85.1 cm³/mol. The SMILES string of the molecule is CC(C)C(C)C=CC(C)C1CCC2CCCCC21C. The van der Waals surface area contributed by atoms with Crippen LogP contribution >= 0.6 is 0 Å². The van der Waals surface area contributed by atoms with Gasteiger partial charge in [0.25, 0.3) is 0 Å². The minimum atomic E-state index is 0.656. The summed E-state index contributed by atoms with van der Waals surface area (Å²) in [4.78, 5) is 0. The van der Waals surface area contributed by atoms with Crippen molar-refractivity contribution in [3.05, 3.63) is 12.2 Å². The second-order valence-corrected chi connectivity index (χ2v) is 7.98. The minimum Gasteiger partial charge on any atom is -0.0852 e. The molecule has 5 unspecified atom stereocenters. The lowest BCUT2D eigenvalue weighted by Crippen LogP contribution is -2.34. The van der Waals surface area contributed by atoms with Crippen molar-refractivity contribution in [2.75, 3.05) is 0 Å². The van der Waals surface area contributed by atoms with Crippen molar-refractivity contribution in [3.63, 3.8) is 0 Å². The van der Waals surface area contributed by atoms with E-state index in [1.54, 1.807) is 0 Å². The molecule has 0 aromatic rings. The average molecular weight is 262 g/mol. The van der Waals surface area contributed by atoms with E-state index in [0.717, 1.165) is 29.6 Å². The Hall–Kier alpha value is -0.260. The van der Waals surface area contributed by atoms with Crippen molar-refractivity contribution < 1.29 is 0 Å². The third-order valence-electron chi connectivity index (χ3n) is 6.53. The molecule has 5 atom stereocenters. The summed E-state index contributed by atoms with van der Waals surface area (Å²) in [7, 11) is 0. The standard InChI is InChI=1S/C19H34/c1-14(2)15(3)9-10-16(4)18-12-11-17-8-6-7-13-19(17,18)5/h9-10,14-18H,6-8,11-13H2,1-5H3. The molecule has 110 valence electrons. The van der Waals surface area contributed by atoms with Crippen molar-refractivity contribution >= 4 is 0 Å². The highest BCUT2D eigenvalue weighted by Crippen LogP contribution is 2.57. The lowest BCUT2D eigenvalue weighted by molar-refractivity contribution is 0.0809. The largest absolute Gasteiger partial charge is 0.0852 e. The number of allylic oxidation sites excluding steroid dienone is 2. The highest BCUT2D eigenvalue weighted by atomic mass is 14.5. The molecule has 0 amide bonds. The third kappa shape index (κ3) is 3.09. The quantitative estimate of drug-likeness (QED) is 0.539. The van der Waals surface area contributed by atoms with Gasteiger partial charge in [-0.05, 0) is 60.7 Å². The second-order valence-electron chi connectivity index (χ2n) is 7.98. The molecule has 2 aliphatic carbocycles. The van der Waals surface area contributed by atoms with Gasteiger partial charge in [-0.15, -0.1) is 0 Å². The monoisotopic (exact) mass is 262 g/mol. The van der Waals surface area contributed by atoms with Gasteiger partial charge in [-0.2, -0.15) is 0 Å². The van der Waals surface area contributed by atoms with Crippen LogP contribution in [0.25, 0.3) is 0 Å². The van der Waals surface area contributed by atoms with Gasteiger partial charge >= 0.3 is 0 Å². The Labute approximate surface area is 121 Å². The molecule has 2 saturated carbocycles. The Balaban J connectivity index is 2.01. The van der Waals surface area contributed by atoms with Gasteiger partial charge < -0.3 is 0 Å². The Bertz CT molecular complexity index is 314. The minimum absolute atomic E-state index is 0.656. The highest BCUT2D eigenvalue weighted by molar-refractivity contribution is 5.03. The molecule has 0 aromatic heterocycles. The van der Waals surface area contributed by atoms with Crippen LogP contribution in [0.1, 0.15) is 73.1 Å². The first-order valence-corrected chi connectivity index (χ1v) is 8.63. The molecule has 19 heavy (non-hydrogen) atoms. The molecule has 0 heteroatoms. The first kappa shape index (κ1) is 15.1. The van der Waals surface area contributed by atoms with E-state index >= 15 is 0 Å². The number of hydrogen-bond acceptors (Lipinski definition) is 0. The maximum atomic E-state index is 2.60. The van der Waals surface area contributed by atoms with Gasteiger partial charge in [-0.1, -0.05) is 59.6 Å². The van der Waals surface area contributed by atoms with E-state index in [9.17, 15) is 0 Å². The molecule has 0 nitrogen and oxygen atoms in total. The molecule has 2 rings (SSSR count). The Morgan fingerprint density at radius 3 is 2.37 bits per heavy atom. The van der Waals surface area contributed by atoms with Crippen molar-refractivity contribution in [2.45, 2.75) is 73.1 Å². The Morgan fingerprint density at radius 2 is 1.68 bits per heavy atom. The van der Waals surface area contributed by atoms with Crippen molar-refractivity contribution in [3.8, 4) is 0 Å². The Morgan fingerprint density at radius 1 is 0.947 bits per heavy atom. The van der Waals surface area contributed by atoms with Crippen LogP contribution in [-0.2, 0) is 0 Å². The van der Waals surface area contributed by atoms with E-state index < -0.39 is 0 Å². The molecular formula is C19H34. The summed E-state index contributed by atoms with van der Waals surface area (Å²) < 4.78 is 0. The average Bonchev–Trinajstić information content (AvgIpc) is 2.72. The molecule has 2 fully saturated rings. The summed E-state index contributed by atoms with van der Waals surface area (Å²) in [6, 6.07) is 0. The van der Waals surface area contributed by atoms with Gasteiger partial charge in [-0.25, -0.2) is 0 Å². The van der Waals surface area contributed by atoms with E-state index in [1.807, 2.05) is 0 Å². The van der Waals surface area contributed by atoms with E-state index in [-0.39, 0.29) is 0 Å². The fourth-order valence-corrected chi connectivity index (χ4v) is 4.67. The molecule has 0 saturated heterocycles. The van der Waals surface area contributed by atoms with Gasteiger partial charge in [0.05, 0.1) is 0 Å². The van der Waals surface area contributed by atoms with E-state index in [1.165, 1.54) is 38.5 Å². The molecule has 0 spiro atoms. The van der Waals surface area contributed by atoms with Crippen molar-refractivity contribution in [2.24, 2.45) is 35.0 Å². The van der Waals surface area contributed by atoms with Crippen molar-refractivity contribution in [1.82, 2.24) is 0 Å².